The van der Waals surface area contributed by atoms with Crippen molar-refractivity contribution in [3.63, 3.8) is 0 Å². The van der Waals surface area contributed by atoms with Crippen LogP contribution in [-0.4, -0.2) is 92.9 Å². The van der Waals surface area contributed by atoms with Crippen LogP contribution in [0.3, 0.4) is 0 Å². The molecule has 325 valence electrons. The number of halogens is 1. The number of sulfone groups is 2. The molecule has 0 bridgehead atoms. The minimum atomic E-state index is -3.27. The van der Waals surface area contributed by atoms with Crippen LogP contribution >= 0.6 is 52.3 Å². The van der Waals surface area contributed by atoms with Gasteiger partial charge in [-0.25, -0.2) is 16.8 Å². The molecule has 0 atom stereocenters. The predicted molar refractivity (Wildman–Crippen MR) is 256 cm³/mol. The third-order valence-corrected chi connectivity index (χ3v) is 12.6. The number of hydrogen-bond donors (Lipinski definition) is 1. The second-order valence-electron chi connectivity index (χ2n) is 13.5. The summed E-state index contributed by atoms with van der Waals surface area (Å²) >= 11 is 9.63. The van der Waals surface area contributed by atoms with Crippen molar-refractivity contribution in [1.82, 2.24) is 19.6 Å². The fraction of sp³-hybridized carbons (Fsp3) is 0.238. The van der Waals surface area contributed by atoms with Crippen LogP contribution < -0.4 is 0 Å². The number of thioether (sulfide) groups is 2. The van der Waals surface area contributed by atoms with E-state index in [1.807, 2.05) is 93.1 Å². The molecule has 0 saturated carbocycles. The van der Waals surface area contributed by atoms with E-state index in [-0.39, 0.29) is 34.8 Å². The molecule has 62 heavy (non-hydrogen) atoms. The van der Waals surface area contributed by atoms with E-state index in [9.17, 15) is 26.4 Å². The van der Waals surface area contributed by atoms with Crippen LogP contribution in [0.2, 0.25) is 0 Å². The van der Waals surface area contributed by atoms with Crippen LogP contribution in [0.4, 0.5) is 0 Å². The summed E-state index contributed by atoms with van der Waals surface area (Å²) in [7, 11) is -2.20. The summed E-state index contributed by atoms with van der Waals surface area (Å²) in [6.45, 7) is 3.79. The van der Waals surface area contributed by atoms with Gasteiger partial charge in [-0.3, -0.25) is 19.0 Å². The van der Waals surface area contributed by atoms with E-state index < -0.39 is 19.7 Å². The normalized spacial score (nSPS) is 11.1. The van der Waals surface area contributed by atoms with Gasteiger partial charge in [-0.15, -0.1) is 23.5 Å². The number of benzene rings is 4. The van der Waals surface area contributed by atoms with Gasteiger partial charge in [0.1, 0.15) is 25.0 Å². The van der Waals surface area contributed by atoms with Gasteiger partial charge in [-0.1, -0.05) is 72.8 Å². The topological polar surface area (TPSA) is 169 Å². The molecule has 6 aromatic rings. The van der Waals surface area contributed by atoms with Gasteiger partial charge in [-0.2, -0.15) is 10.2 Å². The van der Waals surface area contributed by atoms with Crippen LogP contribution in [0, 0.1) is 13.8 Å². The first kappa shape index (κ1) is 50.2. The third-order valence-electron chi connectivity index (χ3n) is 8.72. The van der Waals surface area contributed by atoms with Gasteiger partial charge in [0, 0.05) is 18.1 Å². The van der Waals surface area contributed by atoms with E-state index in [1.165, 1.54) is 36.0 Å². The second-order valence-corrected chi connectivity index (χ2v) is 20.1. The van der Waals surface area contributed by atoms with E-state index in [1.54, 1.807) is 45.8 Å². The number of carbonyl (C=O) groups is 2. The van der Waals surface area contributed by atoms with Crippen LogP contribution in [0.5, 0.6) is 0 Å². The van der Waals surface area contributed by atoms with Crippen molar-refractivity contribution in [2.45, 2.75) is 36.7 Å². The predicted octanol–water partition coefficient (Wildman–Crippen LogP) is 8.53. The van der Waals surface area contributed by atoms with Crippen molar-refractivity contribution in [3.05, 3.63) is 119 Å². The number of thiol groups is 1. The molecule has 0 aliphatic carbocycles. The molecule has 0 amide bonds. The number of aryl methyl sites for hydroxylation is 2. The standard InChI is InChI=1S/C21H21BrN2O4S2.C21H22N2O4S2.BHNS/c1-14-20(22)21(24(23-14)12-19(25)28-13-29-2)16-9-7-15(8-10-16)17-5-4-6-18(11-17)30(3,26)27;1-15-11-20(23(22-15)13-21(24)27-14-28-2)17-9-7-16(8-10-17)18-5-4-6-19(12-18)29(3,25)26;1-2-3/h4-11H,12-13H2,1-3H3;4-12H,13-14H2,1-3H3;3H. The molecule has 13 nitrogen and oxygen atoms in total. The maximum atomic E-state index is 12.1. The third kappa shape index (κ3) is 14.3. The summed E-state index contributed by atoms with van der Waals surface area (Å²) in [5.74, 6) is -0.0698. The van der Waals surface area contributed by atoms with Crippen molar-refractivity contribution in [2.75, 3.05) is 36.9 Å². The number of aromatic nitrogens is 4. The van der Waals surface area contributed by atoms with Crippen molar-refractivity contribution in [1.29, 1.82) is 0 Å². The molecule has 0 saturated heterocycles. The number of ether oxygens (including phenoxy) is 2. The summed E-state index contributed by atoms with van der Waals surface area (Å²) in [5, 5.41) is 8.85. The molecule has 2 heterocycles. The van der Waals surface area contributed by atoms with E-state index in [0.29, 0.717) is 11.9 Å². The fourth-order valence-electron chi connectivity index (χ4n) is 5.90. The Morgan fingerprint density at radius 1 is 0.677 bits per heavy atom. The molecular formula is C42H44BBrN5O8S5. The first-order chi connectivity index (χ1) is 29.4. The van der Waals surface area contributed by atoms with Crippen molar-refractivity contribution in [2.24, 2.45) is 4.30 Å². The quantitative estimate of drug-likeness (QED) is 0.0479. The number of nitrogens with zero attached hydrogens (tertiary/aromatic N) is 5. The Hall–Kier alpha value is -4.47. The monoisotopic (exact) mass is 996 g/mol. The molecule has 0 N–H and O–H groups in total. The van der Waals surface area contributed by atoms with Gasteiger partial charge in [0.25, 0.3) is 0 Å². The molecule has 1 radical (unpaired) electrons. The number of esters is 2. The van der Waals surface area contributed by atoms with Crippen molar-refractivity contribution in [3.8, 4) is 44.8 Å². The number of hydrogen-bond acceptors (Lipinski definition) is 14. The van der Waals surface area contributed by atoms with Crippen molar-refractivity contribution >= 4 is 91.5 Å². The first-order valence-corrected chi connectivity index (χ1v) is 26.1. The molecular weight excluding hydrogens is 954 g/mol. The second kappa shape index (κ2) is 23.3. The molecule has 0 aliphatic heterocycles. The SMILES string of the molecule is CSCOC(=O)Cn1nc(C)c(Br)c1-c1ccc(-c2cccc(S(C)(=O)=O)c2)cc1.CSCOC(=O)Cn1nc(C)cc1-c1ccc(-c2cccc(S(C)(=O)=O)c2)cc1.[B]=NS. The Morgan fingerprint density at radius 3 is 1.53 bits per heavy atom. The van der Waals surface area contributed by atoms with E-state index >= 15 is 0 Å². The van der Waals surface area contributed by atoms with E-state index in [0.717, 1.165) is 60.6 Å². The van der Waals surface area contributed by atoms with E-state index in [4.69, 9.17) is 9.47 Å². The molecule has 0 fully saturated rings. The Morgan fingerprint density at radius 2 is 1.10 bits per heavy atom. The van der Waals surface area contributed by atoms with E-state index in [2.05, 4.69) is 50.9 Å². The van der Waals surface area contributed by atoms with Crippen LogP contribution in [0.25, 0.3) is 44.8 Å². The fourth-order valence-corrected chi connectivity index (χ4v) is 8.25. The minimum absolute atomic E-state index is 0.0144. The van der Waals surface area contributed by atoms with Crippen molar-refractivity contribution < 1.29 is 35.9 Å². The summed E-state index contributed by atoms with van der Waals surface area (Å²) in [5.41, 5.74) is 8.40. The molecule has 4 aromatic carbocycles. The maximum absolute atomic E-state index is 12.1. The average molecular weight is 998 g/mol. The molecule has 2 aromatic heterocycles. The zero-order valence-corrected chi connectivity index (χ0v) is 40.4. The van der Waals surface area contributed by atoms with Gasteiger partial charge < -0.3 is 9.47 Å². The van der Waals surface area contributed by atoms with Gasteiger partial charge in [-0.05, 0) is 100 Å². The van der Waals surface area contributed by atoms with Crippen LogP contribution in [-0.2, 0) is 51.8 Å². The summed E-state index contributed by atoms with van der Waals surface area (Å²) < 4.78 is 64.3. The van der Waals surface area contributed by atoms with Gasteiger partial charge >= 0.3 is 36.7 Å². The van der Waals surface area contributed by atoms with Gasteiger partial charge in [0.05, 0.1) is 37.0 Å². The Kier molecular flexibility index (Phi) is 18.8. The van der Waals surface area contributed by atoms with Gasteiger partial charge in [0.2, 0.25) is 0 Å². The molecule has 0 aliphatic rings. The molecule has 20 heteroatoms. The molecule has 0 spiro atoms. The zero-order valence-electron chi connectivity index (χ0n) is 34.7. The first-order valence-electron chi connectivity index (χ1n) is 18.3. The molecule has 0 unspecified atom stereocenters. The number of rotatable bonds is 14. The van der Waals surface area contributed by atoms with Gasteiger partial charge in [0.15, 0.2) is 19.7 Å². The number of carbonyl (C=O) groups excluding carboxylic acids is 2. The van der Waals surface area contributed by atoms with Crippen LogP contribution in [0.1, 0.15) is 11.4 Å². The summed E-state index contributed by atoms with van der Waals surface area (Å²) in [6.07, 6.45) is 6.12. The Bertz CT molecular complexity index is 2730. The molecule has 6 rings (SSSR count). The summed E-state index contributed by atoms with van der Waals surface area (Å²) in [6, 6.07) is 31.0. The Balaban J connectivity index is 0.000000257. The van der Waals surface area contributed by atoms with Crippen LogP contribution in [0.15, 0.2) is 122 Å². The zero-order chi connectivity index (χ0) is 45.6. The summed E-state index contributed by atoms with van der Waals surface area (Å²) in [4.78, 5) is 24.6. The average Bonchev–Trinajstić information content (AvgIpc) is 3.74. The Labute approximate surface area is 386 Å².